The van der Waals surface area contributed by atoms with Crippen molar-refractivity contribution >= 4 is 21.7 Å². The molecule has 4 aromatic rings. The number of hydrogen-bond acceptors (Lipinski definition) is 10. The van der Waals surface area contributed by atoms with Crippen LogP contribution in [-0.4, -0.2) is 80.2 Å². The quantitative estimate of drug-likeness (QED) is 0.239. The molecule has 0 spiro atoms. The van der Waals surface area contributed by atoms with Crippen LogP contribution in [0.1, 0.15) is 62.7 Å². The van der Waals surface area contributed by atoms with E-state index in [9.17, 15) is 10.2 Å². The second-order valence-electron chi connectivity index (χ2n) is 13.9. The average Bonchev–Trinajstić information content (AvgIpc) is 3.74. The number of aliphatic hydroxyl groups is 1. The van der Waals surface area contributed by atoms with E-state index in [1.807, 2.05) is 6.92 Å². The Bertz CT molecular complexity index is 1930. The fourth-order valence-electron chi connectivity index (χ4n) is 9.24. The lowest BCUT2D eigenvalue weighted by molar-refractivity contribution is 0.0641. The van der Waals surface area contributed by atoms with Crippen molar-refractivity contribution in [3.8, 4) is 28.9 Å². The maximum Gasteiger partial charge on any atom is 0.317 e. The van der Waals surface area contributed by atoms with Crippen LogP contribution in [0.5, 0.6) is 17.6 Å². The number of pyridine rings is 1. The Kier molecular flexibility index (Phi) is 6.83. The number of phenolic OH excluding ortho intramolecular Hbond substituents is 1. The number of aryl methyl sites for hydroxylation is 1. The molecule has 1 unspecified atom stereocenters. The van der Waals surface area contributed by atoms with Crippen molar-refractivity contribution in [2.24, 2.45) is 5.92 Å². The summed E-state index contributed by atoms with van der Waals surface area (Å²) in [5.74, 6) is -0.991. The summed E-state index contributed by atoms with van der Waals surface area (Å²) in [6, 6.07) is 6.07. The molecule has 5 aliphatic heterocycles. The van der Waals surface area contributed by atoms with E-state index in [0.29, 0.717) is 47.1 Å². The fourth-order valence-corrected chi connectivity index (χ4v) is 9.24. The average molecular weight is 645 g/mol. The first-order valence-electron chi connectivity index (χ1n) is 16.9. The molecule has 47 heavy (non-hydrogen) atoms. The monoisotopic (exact) mass is 644 g/mol. The summed E-state index contributed by atoms with van der Waals surface area (Å²) in [4.78, 5) is 16.8. The molecule has 2 bridgehead atoms. The van der Waals surface area contributed by atoms with Gasteiger partial charge in [-0.1, -0.05) is 13.0 Å². The molecule has 4 N–H and O–H groups in total. The zero-order chi connectivity index (χ0) is 32.0. The van der Waals surface area contributed by atoms with Crippen molar-refractivity contribution in [1.29, 1.82) is 0 Å². The third-order valence-electron chi connectivity index (χ3n) is 11.5. The Morgan fingerprint density at radius 2 is 1.98 bits per heavy atom. The highest BCUT2D eigenvalue weighted by Gasteiger charge is 2.50. The molecule has 6 atom stereocenters. The number of hydrogen-bond donors (Lipinski definition) is 4. The molecule has 12 heteroatoms. The molecule has 7 heterocycles. The lowest BCUT2D eigenvalue weighted by Gasteiger charge is -2.37. The van der Waals surface area contributed by atoms with Crippen molar-refractivity contribution in [3.05, 3.63) is 47.2 Å². The maximum absolute atomic E-state index is 17.1. The van der Waals surface area contributed by atoms with E-state index in [4.69, 9.17) is 24.4 Å². The molecule has 246 valence electrons. The lowest BCUT2D eigenvalue weighted by atomic mass is 9.88. The number of ether oxygens (including phenoxy) is 2. The summed E-state index contributed by atoms with van der Waals surface area (Å²) in [5.41, 5.74) is 0.994. The Morgan fingerprint density at radius 1 is 1.09 bits per heavy atom. The van der Waals surface area contributed by atoms with Crippen LogP contribution in [0, 0.1) is 17.6 Å². The van der Waals surface area contributed by atoms with E-state index in [-0.39, 0.29) is 76.8 Å². The zero-order valence-electron chi connectivity index (χ0n) is 26.2. The molecule has 9 rings (SSSR count). The summed E-state index contributed by atoms with van der Waals surface area (Å²) in [5, 5.41) is 29.5. The number of phenols is 1. The zero-order valence-corrected chi connectivity index (χ0v) is 26.2. The summed E-state index contributed by atoms with van der Waals surface area (Å²) >= 11 is 0. The van der Waals surface area contributed by atoms with Crippen molar-refractivity contribution < 1.29 is 28.5 Å². The molecular weight excluding hydrogens is 606 g/mol. The van der Waals surface area contributed by atoms with E-state index < -0.39 is 11.6 Å². The number of aliphatic hydroxyl groups excluding tert-OH is 1. The summed E-state index contributed by atoms with van der Waals surface area (Å²) in [6.45, 7) is 3.53. The Morgan fingerprint density at radius 3 is 2.83 bits per heavy atom. The molecule has 0 amide bonds. The Labute approximate surface area is 270 Å². The highest BCUT2D eigenvalue weighted by atomic mass is 19.1. The molecule has 4 fully saturated rings. The van der Waals surface area contributed by atoms with E-state index in [1.54, 1.807) is 12.1 Å². The summed E-state index contributed by atoms with van der Waals surface area (Å²) in [7, 11) is 0. The number of aromatic nitrogens is 3. The van der Waals surface area contributed by atoms with Gasteiger partial charge in [-0.3, -0.25) is 15.5 Å². The van der Waals surface area contributed by atoms with Gasteiger partial charge in [-0.25, -0.2) is 13.8 Å². The van der Waals surface area contributed by atoms with Gasteiger partial charge in [-0.05, 0) is 86.0 Å². The first-order chi connectivity index (χ1) is 22.9. The van der Waals surface area contributed by atoms with E-state index in [0.717, 1.165) is 45.1 Å². The number of nitrogens with zero attached hydrogens (tertiary/aromatic N) is 4. The van der Waals surface area contributed by atoms with Crippen LogP contribution in [0.4, 0.5) is 8.78 Å². The number of fused-ring (bicyclic) bond motifs is 7. The number of halogens is 2. The summed E-state index contributed by atoms with van der Waals surface area (Å²) < 4.78 is 45.1. The van der Waals surface area contributed by atoms with Gasteiger partial charge in [0.15, 0.2) is 5.82 Å². The van der Waals surface area contributed by atoms with Crippen LogP contribution in [0.3, 0.4) is 0 Å². The maximum atomic E-state index is 17.1. The van der Waals surface area contributed by atoms with Gasteiger partial charge in [0.2, 0.25) is 5.88 Å². The molecule has 2 aromatic heterocycles. The van der Waals surface area contributed by atoms with Gasteiger partial charge in [0, 0.05) is 23.6 Å². The van der Waals surface area contributed by atoms with Crippen LogP contribution in [0.2, 0.25) is 0 Å². The van der Waals surface area contributed by atoms with Gasteiger partial charge in [0.25, 0.3) is 0 Å². The first-order valence-corrected chi connectivity index (χ1v) is 16.9. The van der Waals surface area contributed by atoms with Crippen LogP contribution in [0.25, 0.3) is 32.9 Å². The smallest absolute Gasteiger partial charge is 0.317 e. The van der Waals surface area contributed by atoms with Gasteiger partial charge in [0.1, 0.15) is 29.4 Å². The number of nitrogens with one attached hydrogen (secondary N) is 2. The highest BCUT2D eigenvalue weighted by Crippen LogP contribution is 2.47. The Balaban J connectivity index is 1.23. The topological polar surface area (TPSA) is 125 Å². The fraction of sp³-hybridized carbons (Fsp3) is 0.514. The van der Waals surface area contributed by atoms with E-state index in [1.165, 1.54) is 12.1 Å². The van der Waals surface area contributed by atoms with Crippen molar-refractivity contribution in [2.75, 3.05) is 26.4 Å². The number of benzene rings is 2. The molecule has 4 saturated heterocycles. The van der Waals surface area contributed by atoms with Crippen LogP contribution in [0.15, 0.2) is 24.3 Å². The Hall–Kier alpha value is -3.71. The predicted molar refractivity (Wildman–Crippen MR) is 170 cm³/mol. The predicted octanol–water partition coefficient (Wildman–Crippen LogP) is 4.49. The highest BCUT2D eigenvalue weighted by molar-refractivity contribution is 6.02. The minimum Gasteiger partial charge on any atom is -0.508 e. The minimum atomic E-state index is -0.712. The SMILES string of the molecule is CCc1c(F)ccc2cc(O)cc(-c3nc4c5c(nc(OC[C@]67CCCN6[C@H](CO)CC7)nc5c3F)C3N[C@H]5CC[C@@H](N5)[C@H]3CO4)c12. The largest absolute Gasteiger partial charge is 0.508 e. The van der Waals surface area contributed by atoms with Crippen LogP contribution in [-0.2, 0) is 6.42 Å². The van der Waals surface area contributed by atoms with Gasteiger partial charge in [0.05, 0.1) is 42.0 Å². The molecular formula is C35H38F2N6O4. The second kappa shape index (κ2) is 10.9. The molecule has 10 nitrogen and oxygen atoms in total. The molecule has 2 aromatic carbocycles. The molecule has 0 saturated carbocycles. The third-order valence-corrected chi connectivity index (χ3v) is 11.5. The van der Waals surface area contributed by atoms with Gasteiger partial charge in [-0.15, -0.1) is 0 Å². The van der Waals surface area contributed by atoms with Crippen molar-refractivity contribution in [2.45, 2.75) is 81.7 Å². The first kappa shape index (κ1) is 29.4. The van der Waals surface area contributed by atoms with E-state index in [2.05, 4.69) is 15.5 Å². The molecule has 0 radical (unpaired) electrons. The van der Waals surface area contributed by atoms with Gasteiger partial charge < -0.3 is 19.7 Å². The second-order valence-corrected chi connectivity index (χ2v) is 13.9. The number of rotatable bonds is 6. The van der Waals surface area contributed by atoms with E-state index >= 15 is 8.78 Å². The molecule has 0 aliphatic carbocycles. The normalized spacial score (nSPS) is 29.6. The molecule has 5 aliphatic rings. The van der Waals surface area contributed by atoms with Crippen molar-refractivity contribution in [3.63, 3.8) is 0 Å². The van der Waals surface area contributed by atoms with Gasteiger partial charge in [-0.2, -0.15) is 9.97 Å². The summed E-state index contributed by atoms with van der Waals surface area (Å²) in [6.07, 6.45) is 6.20. The van der Waals surface area contributed by atoms with Gasteiger partial charge >= 0.3 is 6.01 Å². The van der Waals surface area contributed by atoms with Crippen LogP contribution < -0.4 is 20.1 Å². The third kappa shape index (κ3) is 4.44. The lowest BCUT2D eigenvalue weighted by Crippen LogP contribution is -2.55. The van der Waals surface area contributed by atoms with Crippen LogP contribution >= 0.6 is 0 Å². The standard InChI is InChI=1S/C35H38F2N6O4/c1-2-20-23(36)5-4-17-12-19(45)13-21(26(17)20)29-28(37)31-27-32(30-22(15-46-33(27)40-29)24-6-7-25(38-24)39-30)42-34(41-31)47-16-35-9-3-11-43(35)18(14-44)8-10-35/h4-5,12-13,18,22,24-25,30,38-39,44-45H,2-3,6-11,14-16H2,1H3/t18-,22+,24+,25-,30?,35+/m0/s1. The minimum absolute atomic E-state index is 0.00635. The van der Waals surface area contributed by atoms with Crippen molar-refractivity contribution in [1.82, 2.24) is 30.5 Å². The number of aromatic hydroxyl groups is 1.